The van der Waals surface area contributed by atoms with Crippen LogP contribution in [0, 0.1) is 0 Å². The Hall–Kier alpha value is -0.770. The second-order valence-electron chi connectivity index (χ2n) is 3.45. The van der Waals surface area contributed by atoms with E-state index < -0.39 is 0 Å². The highest BCUT2D eigenvalue weighted by molar-refractivity contribution is 4.69. The van der Waals surface area contributed by atoms with E-state index in [4.69, 9.17) is 5.53 Å². The van der Waals surface area contributed by atoms with Gasteiger partial charge in [0, 0.05) is 37.6 Å². The summed E-state index contributed by atoms with van der Waals surface area (Å²) in [6.45, 7) is 6.29. The summed E-state index contributed by atoms with van der Waals surface area (Å²) < 4.78 is 0. The topological polar surface area (TPSA) is 55.2 Å². The molecule has 5 heteroatoms. The second kappa shape index (κ2) is 5.80. The lowest BCUT2D eigenvalue weighted by atomic mass is 10.3. The van der Waals surface area contributed by atoms with Crippen LogP contribution in [0.15, 0.2) is 5.11 Å². The first-order valence-corrected chi connectivity index (χ1v) is 4.74. The van der Waals surface area contributed by atoms with Crippen molar-refractivity contribution in [1.82, 2.24) is 9.80 Å². The largest absolute Gasteiger partial charge is 0.304 e. The molecular formula is C8H17N5. The molecule has 0 amide bonds. The molecule has 74 valence electrons. The molecule has 1 saturated heterocycles. The van der Waals surface area contributed by atoms with E-state index in [-0.39, 0.29) is 0 Å². The molecule has 1 rings (SSSR count). The van der Waals surface area contributed by atoms with E-state index >= 15 is 0 Å². The maximum atomic E-state index is 8.08. The van der Waals surface area contributed by atoms with Crippen molar-refractivity contribution in [3.63, 3.8) is 0 Å². The number of azide groups is 1. The third-order valence-electron chi connectivity index (χ3n) is 2.39. The maximum Gasteiger partial charge on any atom is 0.0270 e. The second-order valence-corrected chi connectivity index (χ2v) is 3.45. The Morgan fingerprint density at radius 3 is 2.62 bits per heavy atom. The number of likely N-dealkylation sites (N-methyl/N-ethyl adjacent to an activating group) is 1. The molecule has 0 N–H and O–H groups in total. The van der Waals surface area contributed by atoms with Crippen LogP contribution in [-0.2, 0) is 0 Å². The van der Waals surface area contributed by atoms with Gasteiger partial charge in [-0.1, -0.05) is 5.11 Å². The highest BCUT2D eigenvalue weighted by Gasteiger charge is 2.12. The van der Waals surface area contributed by atoms with E-state index in [2.05, 4.69) is 26.9 Å². The van der Waals surface area contributed by atoms with Gasteiger partial charge in [-0.25, -0.2) is 0 Å². The lowest BCUT2D eigenvalue weighted by Crippen LogP contribution is -2.44. The Morgan fingerprint density at radius 2 is 2.00 bits per heavy atom. The van der Waals surface area contributed by atoms with Gasteiger partial charge in [0.15, 0.2) is 0 Å². The first-order chi connectivity index (χ1) is 6.33. The minimum atomic E-state index is 0.628. The molecule has 0 atom stereocenters. The van der Waals surface area contributed by atoms with Crippen molar-refractivity contribution in [2.24, 2.45) is 5.11 Å². The zero-order valence-electron chi connectivity index (χ0n) is 8.19. The van der Waals surface area contributed by atoms with E-state index in [0.717, 1.165) is 39.1 Å². The molecule has 0 saturated carbocycles. The van der Waals surface area contributed by atoms with E-state index in [9.17, 15) is 0 Å². The summed E-state index contributed by atoms with van der Waals surface area (Å²) in [6.07, 6.45) is 0.980. The fourth-order valence-corrected chi connectivity index (χ4v) is 1.48. The zero-order chi connectivity index (χ0) is 9.52. The van der Waals surface area contributed by atoms with Crippen LogP contribution >= 0.6 is 0 Å². The molecule has 13 heavy (non-hydrogen) atoms. The van der Waals surface area contributed by atoms with Gasteiger partial charge in [-0.3, -0.25) is 0 Å². The standard InChI is InChI=1S/C8H17N5/c1-12-5-7-13(8-6-12)4-2-3-10-11-9/h2-8H2,1H3. The molecule has 1 aliphatic heterocycles. The highest BCUT2D eigenvalue weighted by Crippen LogP contribution is 1.99. The summed E-state index contributed by atoms with van der Waals surface area (Å²) in [4.78, 5) is 7.49. The Kier molecular flexibility index (Phi) is 4.60. The lowest BCUT2D eigenvalue weighted by Gasteiger charge is -2.32. The number of hydrogen-bond donors (Lipinski definition) is 0. The molecule has 0 aromatic carbocycles. The maximum absolute atomic E-state index is 8.08. The van der Waals surface area contributed by atoms with Crippen molar-refractivity contribution in [2.75, 3.05) is 46.3 Å². The molecule has 1 heterocycles. The third-order valence-corrected chi connectivity index (χ3v) is 2.39. The van der Waals surface area contributed by atoms with Gasteiger partial charge in [0.05, 0.1) is 0 Å². The monoisotopic (exact) mass is 183 g/mol. The van der Waals surface area contributed by atoms with Gasteiger partial charge in [-0.15, -0.1) is 0 Å². The van der Waals surface area contributed by atoms with Gasteiger partial charge in [0.25, 0.3) is 0 Å². The van der Waals surface area contributed by atoms with Crippen molar-refractivity contribution < 1.29 is 0 Å². The summed E-state index contributed by atoms with van der Waals surface area (Å²) in [5.41, 5.74) is 8.08. The molecule has 0 bridgehead atoms. The molecule has 0 aromatic rings. The van der Waals surface area contributed by atoms with Crippen LogP contribution in [0.25, 0.3) is 10.4 Å². The summed E-state index contributed by atoms with van der Waals surface area (Å²) in [6, 6.07) is 0. The fourth-order valence-electron chi connectivity index (χ4n) is 1.48. The van der Waals surface area contributed by atoms with Crippen molar-refractivity contribution in [3.05, 3.63) is 10.4 Å². The van der Waals surface area contributed by atoms with E-state index in [1.54, 1.807) is 0 Å². The Bertz CT molecular complexity index is 179. The van der Waals surface area contributed by atoms with Crippen molar-refractivity contribution in [3.8, 4) is 0 Å². The number of hydrogen-bond acceptors (Lipinski definition) is 3. The predicted octanol–water partition coefficient (Wildman–Crippen LogP) is 0.934. The Labute approximate surface area is 78.9 Å². The predicted molar refractivity (Wildman–Crippen MR) is 52.6 cm³/mol. The number of nitrogens with zero attached hydrogens (tertiary/aromatic N) is 5. The van der Waals surface area contributed by atoms with Crippen LogP contribution in [0.3, 0.4) is 0 Å². The summed E-state index contributed by atoms with van der Waals surface area (Å²) >= 11 is 0. The quantitative estimate of drug-likeness (QED) is 0.282. The highest BCUT2D eigenvalue weighted by atomic mass is 15.2. The third kappa shape index (κ3) is 4.12. The summed E-state index contributed by atoms with van der Waals surface area (Å²) in [5.74, 6) is 0. The van der Waals surface area contributed by atoms with Gasteiger partial charge >= 0.3 is 0 Å². The van der Waals surface area contributed by atoms with Crippen LogP contribution in [0.4, 0.5) is 0 Å². The Balaban J connectivity index is 2.05. The minimum Gasteiger partial charge on any atom is -0.304 e. The van der Waals surface area contributed by atoms with Crippen molar-refractivity contribution in [2.45, 2.75) is 6.42 Å². The zero-order valence-corrected chi connectivity index (χ0v) is 8.19. The first kappa shape index (κ1) is 10.3. The van der Waals surface area contributed by atoms with Crippen LogP contribution in [-0.4, -0.2) is 56.1 Å². The Morgan fingerprint density at radius 1 is 1.31 bits per heavy atom. The minimum absolute atomic E-state index is 0.628. The first-order valence-electron chi connectivity index (χ1n) is 4.74. The van der Waals surface area contributed by atoms with Crippen LogP contribution in [0.2, 0.25) is 0 Å². The van der Waals surface area contributed by atoms with E-state index in [1.807, 2.05) is 0 Å². The van der Waals surface area contributed by atoms with Crippen LogP contribution in [0.5, 0.6) is 0 Å². The molecule has 0 radical (unpaired) electrons. The SMILES string of the molecule is CN1CCN(CCCN=[N+]=[N-])CC1. The van der Waals surface area contributed by atoms with Gasteiger partial charge in [-0.2, -0.15) is 0 Å². The van der Waals surface area contributed by atoms with Gasteiger partial charge in [-0.05, 0) is 25.5 Å². The smallest absolute Gasteiger partial charge is 0.0270 e. The molecule has 1 aliphatic rings. The molecule has 1 fully saturated rings. The van der Waals surface area contributed by atoms with Gasteiger partial charge in [0.2, 0.25) is 0 Å². The van der Waals surface area contributed by atoms with Gasteiger partial charge < -0.3 is 9.80 Å². The van der Waals surface area contributed by atoms with Gasteiger partial charge in [0.1, 0.15) is 0 Å². The summed E-state index contributed by atoms with van der Waals surface area (Å²) in [7, 11) is 2.15. The molecule has 0 aliphatic carbocycles. The van der Waals surface area contributed by atoms with Crippen LogP contribution < -0.4 is 0 Å². The molecular weight excluding hydrogens is 166 g/mol. The van der Waals surface area contributed by atoms with E-state index in [0.29, 0.717) is 6.54 Å². The molecule has 5 nitrogen and oxygen atoms in total. The average molecular weight is 183 g/mol. The molecule has 0 spiro atoms. The lowest BCUT2D eigenvalue weighted by molar-refractivity contribution is 0.153. The van der Waals surface area contributed by atoms with Crippen molar-refractivity contribution in [1.29, 1.82) is 0 Å². The van der Waals surface area contributed by atoms with Crippen LogP contribution in [0.1, 0.15) is 6.42 Å². The molecule has 0 aromatic heterocycles. The average Bonchev–Trinajstić information content (AvgIpc) is 2.15. The number of rotatable bonds is 4. The fraction of sp³-hybridized carbons (Fsp3) is 1.00. The normalized spacial score (nSPS) is 19.8. The molecule has 0 unspecified atom stereocenters. The number of piperazine rings is 1. The van der Waals surface area contributed by atoms with E-state index in [1.165, 1.54) is 0 Å². The van der Waals surface area contributed by atoms with Crippen molar-refractivity contribution >= 4 is 0 Å². The summed E-state index contributed by atoms with van der Waals surface area (Å²) in [5, 5.41) is 3.51.